The number of nitro benzene ring substituents is 2. The van der Waals surface area contributed by atoms with E-state index in [1.165, 1.54) is 18.2 Å². The van der Waals surface area contributed by atoms with Gasteiger partial charge in [-0.2, -0.15) is 0 Å². The van der Waals surface area contributed by atoms with E-state index < -0.39 is 9.85 Å². The molecule has 11 heteroatoms. The number of carbonyl (C=O) groups is 1. The number of hydrogen-bond donors (Lipinski definition) is 1. The predicted octanol–water partition coefficient (Wildman–Crippen LogP) is 4.03. The van der Waals surface area contributed by atoms with E-state index in [1.54, 1.807) is 41.4 Å². The lowest BCUT2D eigenvalue weighted by molar-refractivity contribution is -0.384. The number of pyridine rings is 1. The summed E-state index contributed by atoms with van der Waals surface area (Å²) >= 11 is 0. The van der Waals surface area contributed by atoms with Crippen molar-refractivity contribution < 1.29 is 14.6 Å². The zero-order valence-corrected chi connectivity index (χ0v) is 19.0. The minimum Gasteiger partial charge on any atom is -0.371 e. The van der Waals surface area contributed by atoms with E-state index in [2.05, 4.69) is 10.3 Å². The van der Waals surface area contributed by atoms with Gasteiger partial charge >= 0.3 is 0 Å². The summed E-state index contributed by atoms with van der Waals surface area (Å²) in [7, 11) is 0. The van der Waals surface area contributed by atoms with Crippen LogP contribution in [-0.2, 0) is 0 Å². The van der Waals surface area contributed by atoms with Crippen LogP contribution in [0.5, 0.6) is 0 Å². The standard InChI is InChI=1S/C24H24N6O5/c1-17(19-6-4-5-11-25-19)26-20-10-9-18(16-23(20)30(34)35)24(31)28-14-12-27(13-15-28)21-7-2-3-8-22(21)29(32)33/h2-11,16-17,26H,12-15H2,1H3. The Labute approximate surface area is 201 Å². The molecule has 1 fully saturated rings. The summed E-state index contributed by atoms with van der Waals surface area (Å²) in [5.74, 6) is -0.320. The fraction of sp³-hybridized carbons (Fsp3) is 0.250. The molecule has 1 saturated heterocycles. The number of para-hydroxylation sites is 2. The second kappa shape index (κ2) is 10.2. The summed E-state index contributed by atoms with van der Waals surface area (Å²) in [5.41, 5.74) is 1.58. The van der Waals surface area contributed by atoms with Gasteiger partial charge in [-0.1, -0.05) is 18.2 Å². The van der Waals surface area contributed by atoms with Crippen molar-refractivity contribution >= 4 is 28.7 Å². The Morgan fingerprint density at radius 3 is 2.29 bits per heavy atom. The Morgan fingerprint density at radius 2 is 1.63 bits per heavy atom. The van der Waals surface area contributed by atoms with Gasteiger partial charge in [0.2, 0.25) is 0 Å². The number of nitro groups is 2. The molecule has 0 spiro atoms. The lowest BCUT2D eigenvalue weighted by atomic mass is 10.1. The molecule has 4 rings (SSSR count). The highest BCUT2D eigenvalue weighted by Gasteiger charge is 2.27. The van der Waals surface area contributed by atoms with E-state index in [-0.39, 0.29) is 28.9 Å². The Hall–Kier alpha value is -4.54. The number of anilines is 2. The number of amides is 1. The predicted molar refractivity (Wildman–Crippen MR) is 131 cm³/mol. The molecule has 1 amide bonds. The highest BCUT2D eigenvalue weighted by atomic mass is 16.6. The summed E-state index contributed by atoms with van der Waals surface area (Å²) in [6.45, 7) is 3.37. The van der Waals surface area contributed by atoms with Gasteiger partial charge in [0.15, 0.2) is 0 Å². The Kier molecular flexibility index (Phi) is 6.86. The molecule has 180 valence electrons. The summed E-state index contributed by atoms with van der Waals surface area (Å²) in [6, 6.07) is 16.1. The number of benzene rings is 2. The average Bonchev–Trinajstić information content (AvgIpc) is 2.89. The van der Waals surface area contributed by atoms with E-state index in [9.17, 15) is 25.0 Å². The average molecular weight is 476 g/mol. The Morgan fingerprint density at radius 1 is 0.943 bits per heavy atom. The Bertz CT molecular complexity index is 1240. The first-order valence-electron chi connectivity index (χ1n) is 11.1. The molecular weight excluding hydrogens is 452 g/mol. The SMILES string of the molecule is CC(Nc1ccc(C(=O)N2CCN(c3ccccc3[N+](=O)[O-])CC2)cc1[N+](=O)[O-])c1ccccn1. The topological polar surface area (TPSA) is 135 Å². The van der Waals surface area contributed by atoms with Crippen molar-refractivity contribution in [1.29, 1.82) is 0 Å². The van der Waals surface area contributed by atoms with E-state index in [0.717, 1.165) is 5.69 Å². The van der Waals surface area contributed by atoms with E-state index in [1.807, 2.05) is 24.0 Å². The van der Waals surface area contributed by atoms with Gasteiger partial charge in [-0.25, -0.2) is 0 Å². The van der Waals surface area contributed by atoms with Gasteiger partial charge in [-0.05, 0) is 37.3 Å². The number of hydrogen-bond acceptors (Lipinski definition) is 8. The molecule has 11 nitrogen and oxygen atoms in total. The quantitative estimate of drug-likeness (QED) is 0.399. The van der Waals surface area contributed by atoms with Crippen LogP contribution in [0.4, 0.5) is 22.7 Å². The van der Waals surface area contributed by atoms with Gasteiger partial charge in [0.05, 0.1) is 21.6 Å². The fourth-order valence-electron chi connectivity index (χ4n) is 4.10. The third-order valence-corrected chi connectivity index (χ3v) is 5.93. The first-order chi connectivity index (χ1) is 16.8. The van der Waals surface area contributed by atoms with Gasteiger partial charge in [0, 0.05) is 50.1 Å². The number of piperazine rings is 1. The van der Waals surface area contributed by atoms with Crippen molar-refractivity contribution in [2.75, 3.05) is 36.4 Å². The van der Waals surface area contributed by atoms with E-state index in [0.29, 0.717) is 37.6 Å². The molecule has 1 aromatic heterocycles. The number of aromatic nitrogens is 1. The van der Waals surface area contributed by atoms with Crippen molar-refractivity contribution in [2.45, 2.75) is 13.0 Å². The first kappa shape index (κ1) is 23.6. The van der Waals surface area contributed by atoms with Gasteiger partial charge < -0.3 is 15.1 Å². The van der Waals surface area contributed by atoms with Crippen molar-refractivity contribution in [3.8, 4) is 0 Å². The van der Waals surface area contributed by atoms with Gasteiger partial charge in [0.25, 0.3) is 17.3 Å². The van der Waals surface area contributed by atoms with Gasteiger partial charge in [0.1, 0.15) is 11.4 Å². The monoisotopic (exact) mass is 476 g/mol. The lowest BCUT2D eigenvalue weighted by Crippen LogP contribution is -2.49. The van der Waals surface area contributed by atoms with E-state index in [4.69, 9.17) is 0 Å². The molecule has 0 aliphatic carbocycles. The van der Waals surface area contributed by atoms with Crippen LogP contribution in [-0.4, -0.2) is 51.8 Å². The van der Waals surface area contributed by atoms with Crippen LogP contribution in [0.2, 0.25) is 0 Å². The maximum absolute atomic E-state index is 13.1. The normalized spacial score (nSPS) is 14.3. The fourth-order valence-corrected chi connectivity index (χ4v) is 4.10. The largest absolute Gasteiger partial charge is 0.371 e. The van der Waals surface area contributed by atoms with Gasteiger partial charge in [-0.3, -0.25) is 30.0 Å². The molecule has 0 bridgehead atoms. The second-order valence-corrected chi connectivity index (χ2v) is 8.13. The minimum absolute atomic E-state index is 0.0194. The highest BCUT2D eigenvalue weighted by molar-refractivity contribution is 5.96. The van der Waals surface area contributed by atoms with Crippen LogP contribution in [0.3, 0.4) is 0 Å². The van der Waals surface area contributed by atoms with Crippen LogP contribution in [0, 0.1) is 20.2 Å². The molecule has 0 radical (unpaired) electrons. The van der Waals surface area contributed by atoms with Gasteiger partial charge in [-0.15, -0.1) is 0 Å². The van der Waals surface area contributed by atoms with E-state index >= 15 is 0 Å². The van der Waals surface area contributed by atoms with Crippen molar-refractivity contribution in [3.05, 3.63) is 98.3 Å². The molecule has 3 aromatic rings. The van der Waals surface area contributed by atoms with Crippen LogP contribution < -0.4 is 10.2 Å². The van der Waals surface area contributed by atoms with Crippen LogP contribution in [0.15, 0.2) is 66.9 Å². The summed E-state index contributed by atoms with van der Waals surface area (Å²) < 4.78 is 0. The molecule has 2 aromatic carbocycles. The molecule has 1 unspecified atom stereocenters. The van der Waals surface area contributed by atoms with Crippen LogP contribution >= 0.6 is 0 Å². The van der Waals surface area contributed by atoms with Crippen molar-refractivity contribution in [3.63, 3.8) is 0 Å². The third kappa shape index (κ3) is 5.18. The van der Waals surface area contributed by atoms with Crippen LogP contribution in [0.25, 0.3) is 0 Å². The summed E-state index contributed by atoms with van der Waals surface area (Å²) in [5, 5.41) is 26.2. The minimum atomic E-state index is -0.517. The maximum atomic E-state index is 13.1. The van der Waals surface area contributed by atoms with Crippen molar-refractivity contribution in [2.24, 2.45) is 0 Å². The Balaban J connectivity index is 1.47. The summed E-state index contributed by atoms with van der Waals surface area (Å²) in [6.07, 6.45) is 1.65. The smallest absolute Gasteiger partial charge is 0.293 e. The molecule has 1 aliphatic heterocycles. The first-order valence-corrected chi connectivity index (χ1v) is 11.1. The van der Waals surface area contributed by atoms with Crippen molar-refractivity contribution in [1.82, 2.24) is 9.88 Å². The molecule has 1 aliphatic rings. The number of nitrogens with zero attached hydrogens (tertiary/aromatic N) is 5. The summed E-state index contributed by atoms with van der Waals surface area (Å²) in [4.78, 5) is 43.0. The third-order valence-electron chi connectivity index (χ3n) is 5.93. The molecule has 1 atom stereocenters. The number of nitrogens with one attached hydrogen (secondary N) is 1. The molecule has 35 heavy (non-hydrogen) atoms. The zero-order chi connectivity index (χ0) is 24.9. The molecule has 0 saturated carbocycles. The zero-order valence-electron chi connectivity index (χ0n) is 19.0. The maximum Gasteiger partial charge on any atom is 0.293 e. The lowest BCUT2D eigenvalue weighted by Gasteiger charge is -2.35. The molecular formula is C24H24N6O5. The van der Waals surface area contributed by atoms with Crippen LogP contribution in [0.1, 0.15) is 29.0 Å². The molecule has 2 heterocycles. The number of rotatable bonds is 7. The number of carbonyl (C=O) groups excluding carboxylic acids is 1. The second-order valence-electron chi connectivity index (χ2n) is 8.13. The highest BCUT2D eigenvalue weighted by Crippen LogP contribution is 2.31. The molecule has 1 N–H and O–H groups in total.